The molecule has 0 unspecified atom stereocenters. The number of rotatable bonds is 3. The first-order chi connectivity index (χ1) is 14.6. The molecule has 4 bridgehead atoms. The van der Waals surface area contributed by atoms with E-state index in [4.69, 9.17) is 4.98 Å². The summed E-state index contributed by atoms with van der Waals surface area (Å²) in [5, 5.41) is 4.50. The van der Waals surface area contributed by atoms with E-state index < -0.39 is 0 Å². The molecular weight excluding hydrogens is 368 g/mol. The third kappa shape index (κ3) is 2.94. The molecule has 4 fully saturated rings. The number of amides is 1. The van der Waals surface area contributed by atoms with Crippen molar-refractivity contribution < 1.29 is 4.79 Å². The van der Waals surface area contributed by atoms with Gasteiger partial charge >= 0.3 is 0 Å². The minimum Gasteiger partial charge on any atom is -0.347 e. The maximum Gasteiger partial charge on any atom is 0.252 e. The smallest absolute Gasteiger partial charge is 0.252 e. The van der Waals surface area contributed by atoms with Crippen molar-refractivity contribution in [3.8, 4) is 11.3 Å². The molecule has 1 heterocycles. The molecule has 3 nitrogen and oxygen atoms in total. The average Bonchev–Trinajstić information content (AvgIpc) is 2.72. The van der Waals surface area contributed by atoms with Crippen LogP contribution in [0.3, 0.4) is 0 Å². The summed E-state index contributed by atoms with van der Waals surface area (Å²) in [6.45, 7) is 2.10. The van der Waals surface area contributed by atoms with E-state index >= 15 is 0 Å². The summed E-state index contributed by atoms with van der Waals surface area (Å²) in [6, 6.07) is 18.3. The van der Waals surface area contributed by atoms with E-state index in [1.54, 1.807) is 0 Å². The zero-order chi connectivity index (χ0) is 20.3. The number of pyridine rings is 1. The van der Waals surface area contributed by atoms with Gasteiger partial charge in [0.2, 0.25) is 0 Å². The van der Waals surface area contributed by atoms with Crippen LogP contribution in [0, 0.1) is 24.7 Å². The molecule has 2 aromatic carbocycles. The second kappa shape index (κ2) is 6.66. The summed E-state index contributed by atoms with van der Waals surface area (Å²) in [7, 11) is 0. The number of benzene rings is 2. The summed E-state index contributed by atoms with van der Waals surface area (Å²) >= 11 is 0. The van der Waals surface area contributed by atoms with Gasteiger partial charge in [-0.25, -0.2) is 4.98 Å². The Balaban J connectivity index is 1.41. The van der Waals surface area contributed by atoms with Crippen molar-refractivity contribution in [2.75, 3.05) is 0 Å². The molecular formula is C27H28N2O. The predicted molar refractivity (Wildman–Crippen MR) is 120 cm³/mol. The van der Waals surface area contributed by atoms with Crippen molar-refractivity contribution in [2.45, 2.75) is 51.0 Å². The molecule has 1 aromatic heterocycles. The maximum absolute atomic E-state index is 13.7. The minimum atomic E-state index is 0.0129. The van der Waals surface area contributed by atoms with Crippen LogP contribution in [0.4, 0.5) is 0 Å². The molecule has 0 atom stereocenters. The summed E-state index contributed by atoms with van der Waals surface area (Å²) in [4.78, 5) is 18.6. The maximum atomic E-state index is 13.7. The molecule has 152 valence electrons. The van der Waals surface area contributed by atoms with Gasteiger partial charge in [-0.15, -0.1) is 0 Å². The van der Waals surface area contributed by atoms with Gasteiger partial charge in [-0.05, 0) is 80.9 Å². The number of carbonyl (C=O) groups excluding carboxylic acids is 1. The first-order valence-electron chi connectivity index (χ1n) is 11.4. The molecule has 1 amide bonds. The molecule has 0 aliphatic heterocycles. The lowest BCUT2D eigenvalue weighted by molar-refractivity contribution is -0.0166. The van der Waals surface area contributed by atoms with Gasteiger partial charge in [0.15, 0.2) is 0 Å². The molecule has 7 rings (SSSR count). The Bertz CT molecular complexity index is 1110. The Morgan fingerprint density at radius 1 is 0.933 bits per heavy atom. The standard InChI is InChI=1S/C27H28N2O/c1-17-6-2-3-7-21(17)25-13-23(22-8-4-5-9-24(22)28-25)26(30)29-27-14-18-10-19(15-27)12-20(11-18)16-27/h2-9,13,18-20H,10-12,14-16H2,1H3,(H,29,30). The number of hydrogen-bond acceptors (Lipinski definition) is 2. The van der Waals surface area contributed by atoms with Crippen molar-refractivity contribution in [3.63, 3.8) is 0 Å². The van der Waals surface area contributed by atoms with Crippen molar-refractivity contribution in [3.05, 3.63) is 65.7 Å². The van der Waals surface area contributed by atoms with Gasteiger partial charge in [0.05, 0.1) is 16.8 Å². The Labute approximate surface area is 177 Å². The Morgan fingerprint density at radius 2 is 1.57 bits per heavy atom. The van der Waals surface area contributed by atoms with Gasteiger partial charge < -0.3 is 5.32 Å². The molecule has 3 aromatic rings. The quantitative estimate of drug-likeness (QED) is 0.598. The van der Waals surface area contributed by atoms with E-state index in [0.717, 1.165) is 45.5 Å². The zero-order valence-electron chi connectivity index (χ0n) is 17.5. The highest BCUT2D eigenvalue weighted by molar-refractivity contribution is 6.07. The van der Waals surface area contributed by atoms with Crippen LogP contribution in [-0.4, -0.2) is 16.4 Å². The average molecular weight is 397 g/mol. The van der Waals surface area contributed by atoms with Gasteiger partial charge in [-0.3, -0.25) is 4.79 Å². The molecule has 1 N–H and O–H groups in total. The third-order valence-electron chi connectivity index (χ3n) is 7.80. The second-order valence-electron chi connectivity index (χ2n) is 10.0. The van der Waals surface area contributed by atoms with Crippen LogP contribution < -0.4 is 5.32 Å². The summed E-state index contributed by atoms with van der Waals surface area (Å²) < 4.78 is 0. The van der Waals surface area contributed by atoms with Crippen LogP contribution in [0.5, 0.6) is 0 Å². The normalized spacial score (nSPS) is 29.3. The highest BCUT2D eigenvalue weighted by Gasteiger charge is 2.51. The Kier molecular flexibility index (Phi) is 4.02. The summed E-state index contributed by atoms with van der Waals surface area (Å²) in [6.07, 6.45) is 7.63. The van der Waals surface area contributed by atoms with Crippen molar-refractivity contribution in [1.29, 1.82) is 0 Å². The van der Waals surface area contributed by atoms with E-state index in [-0.39, 0.29) is 11.4 Å². The molecule has 4 aliphatic rings. The lowest BCUT2D eigenvalue weighted by Crippen LogP contribution is -2.59. The highest BCUT2D eigenvalue weighted by Crippen LogP contribution is 2.55. The number of aryl methyl sites for hydroxylation is 1. The number of nitrogens with one attached hydrogen (secondary N) is 1. The fourth-order valence-electron chi connectivity index (χ4n) is 6.93. The van der Waals surface area contributed by atoms with Gasteiger partial charge in [0.1, 0.15) is 0 Å². The van der Waals surface area contributed by atoms with Crippen molar-refractivity contribution in [2.24, 2.45) is 17.8 Å². The zero-order valence-corrected chi connectivity index (χ0v) is 17.5. The lowest BCUT2D eigenvalue weighted by Gasteiger charge is -2.56. The van der Waals surface area contributed by atoms with E-state index in [9.17, 15) is 4.79 Å². The SMILES string of the molecule is Cc1ccccc1-c1cc(C(=O)NC23CC4CC(CC(C4)C2)C3)c2ccccc2n1. The van der Waals surface area contributed by atoms with Crippen molar-refractivity contribution in [1.82, 2.24) is 10.3 Å². The van der Waals surface area contributed by atoms with Crippen molar-refractivity contribution >= 4 is 16.8 Å². The third-order valence-corrected chi connectivity index (χ3v) is 7.80. The minimum absolute atomic E-state index is 0.0129. The van der Waals surface area contributed by atoms with Gasteiger partial charge in [-0.2, -0.15) is 0 Å². The number of nitrogens with zero attached hydrogens (tertiary/aromatic N) is 1. The molecule has 0 radical (unpaired) electrons. The van der Waals surface area contributed by atoms with E-state index in [1.807, 2.05) is 42.5 Å². The predicted octanol–water partition coefficient (Wildman–Crippen LogP) is 5.91. The van der Waals surface area contributed by atoms with Crippen LogP contribution in [0.15, 0.2) is 54.6 Å². The molecule has 3 heteroatoms. The van der Waals surface area contributed by atoms with E-state index in [1.165, 1.54) is 44.1 Å². The van der Waals surface area contributed by atoms with Crippen LogP contribution in [0.1, 0.15) is 54.4 Å². The number of carbonyl (C=O) groups is 1. The number of hydrogen-bond donors (Lipinski definition) is 1. The monoisotopic (exact) mass is 396 g/mol. The summed E-state index contributed by atoms with van der Waals surface area (Å²) in [5.74, 6) is 2.51. The lowest BCUT2D eigenvalue weighted by atomic mass is 9.53. The fraction of sp³-hybridized carbons (Fsp3) is 0.407. The number of aromatic nitrogens is 1. The van der Waals surface area contributed by atoms with Crippen LogP contribution in [0.2, 0.25) is 0 Å². The highest BCUT2D eigenvalue weighted by atomic mass is 16.1. The van der Waals surface area contributed by atoms with Crippen LogP contribution in [0.25, 0.3) is 22.2 Å². The first kappa shape index (κ1) is 18.1. The Morgan fingerprint density at radius 3 is 2.27 bits per heavy atom. The van der Waals surface area contributed by atoms with Crippen LogP contribution in [-0.2, 0) is 0 Å². The second-order valence-corrected chi connectivity index (χ2v) is 10.0. The van der Waals surface area contributed by atoms with Gasteiger partial charge in [0, 0.05) is 16.5 Å². The van der Waals surface area contributed by atoms with Crippen LogP contribution >= 0.6 is 0 Å². The van der Waals surface area contributed by atoms with Gasteiger partial charge in [-0.1, -0.05) is 42.5 Å². The number of fused-ring (bicyclic) bond motifs is 1. The molecule has 30 heavy (non-hydrogen) atoms. The molecule has 0 saturated heterocycles. The largest absolute Gasteiger partial charge is 0.347 e. The topological polar surface area (TPSA) is 42.0 Å². The van der Waals surface area contributed by atoms with E-state index in [2.05, 4.69) is 24.4 Å². The number of para-hydroxylation sites is 1. The molecule has 4 saturated carbocycles. The van der Waals surface area contributed by atoms with Gasteiger partial charge in [0.25, 0.3) is 5.91 Å². The fourth-order valence-corrected chi connectivity index (χ4v) is 6.93. The first-order valence-corrected chi connectivity index (χ1v) is 11.4. The molecule has 4 aliphatic carbocycles. The van der Waals surface area contributed by atoms with E-state index in [0.29, 0.717) is 0 Å². The molecule has 0 spiro atoms. The summed E-state index contributed by atoms with van der Waals surface area (Å²) in [5.41, 5.74) is 4.80. The Hall–Kier alpha value is -2.68.